The normalized spacial score (nSPS) is 14.7. The third-order valence-electron chi connectivity index (χ3n) is 5.62. The molecule has 6 nitrogen and oxygen atoms in total. The minimum atomic E-state index is -0.430. The van der Waals surface area contributed by atoms with E-state index in [9.17, 15) is 14.0 Å². The first-order chi connectivity index (χ1) is 14.9. The maximum atomic E-state index is 13.4. The zero-order valence-electron chi connectivity index (χ0n) is 17.4. The molecule has 2 aromatic carbocycles. The number of hydrogen-bond acceptors (Lipinski definition) is 4. The zero-order valence-corrected chi connectivity index (χ0v) is 17.4. The summed E-state index contributed by atoms with van der Waals surface area (Å²) in [5.74, 6) is -1.06. The zero-order chi connectivity index (χ0) is 22.0. The predicted octanol–water partition coefficient (Wildman–Crippen LogP) is 3.58. The van der Waals surface area contributed by atoms with Crippen molar-refractivity contribution >= 4 is 11.8 Å². The van der Waals surface area contributed by atoms with E-state index in [1.165, 1.54) is 29.6 Å². The van der Waals surface area contributed by atoms with E-state index in [0.29, 0.717) is 5.56 Å². The second-order valence-corrected chi connectivity index (χ2v) is 7.76. The van der Waals surface area contributed by atoms with E-state index in [0.717, 1.165) is 24.0 Å². The monoisotopic (exact) mass is 418 g/mol. The molecular formula is C24H23FN4O2. The van der Waals surface area contributed by atoms with Crippen molar-refractivity contribution in [3.63, 3.8) is 0 Å². The minimum Gasteiger partial charge on any atom is -0.347 e. The van der Waals surface area contributed by atoms with Gasteiger partial charge in [0.25, 0.3) is 11.8 Å². The second-order valence-electron chi connectivity index (χ2n) is 7.76. The number of aryl methyl sites for hydroxylation is 2. The lowest BCUT2D eigenvalue weighted by Crippen LogP contribution is -2.29. The first kappa shape index (κ1) is 20.7. The molecule has 0 fully saturated rings. The summed E-state index contributed by atoms with van der Waals surface area (Å²) < 4.78 is 13.4. The molecule has 158 valence electrons. The van der Waals surface area contributed by atoms with Crippen LogP contribution in [0.4, 0.5) is 4.39 Å². The number of amides is 2. The molecule has 1 heterocycles. The fourth-order valence-corrected chi connectivity index (χ4v) is 3.91. The van der Waals surface area contributed by atoms with Crippen LogP contribution in [0.1, 0.15) is 61.3 Å². The van der Waals surface area contributed by atoms with E-state index >= 15 is 0 Å². The highest BCUT2D eigenvalue weighted by Gasteiger charge is 2.26. The van der Waals surface area contributed by atoms with Crippen LogP contribution in [0.3, 0.4) is 0 Å². The van der Waals surface area contributed by atoms with Gasteiger partial charge in [-0.05, 0) is 60.6 Å². The third kappa shape index (κ3) is 4.45. The van der Waals surface area contributed by atoms with E-state index in [-0.39, 0.29) is 35.7 Å². The Morgan fingerprint density at radius 1 is 1.03 bits per heavy atom. The summed E-state index contributed by atoms with van der Waals surface area (Å²) in [7, 11) is 0. The van der Waals surface area contributed by atoms with E-state index in [2.05, 4.69) is 33.6 Å². The number of nitrogens with one attached hydrogen (secondary N) is 2. The van der Waals surface area contributed by atoms with Crippen molar-refractivity contribution in [3.8, 4) is 0 Å². The number of rotatable bonds is 5. The maximum absolute atomic E-state index is 13.4. The molecule has 3 aromatic rings. The molecule has 2 amide bonds. The van der Waals surface area contributed by atoms with Gasteiger partial charge in [-0.3, -0.25) is 9.59 Å². The summed E-state index contributed by atoms with van der Waals surface area (Å²) in [4.78, 5) is 33.2. The van der Waals surface area contributed by atoms with Crippen LogP contribution in [0, 0.1) is 19.7 Å². The highest BCUT2D eigenvalue weighted by Crippen LogP contribution is 2.33. The van der Waals surface area contributed by atoms with E-state index in [4.69, 9.17) is 0 Å². The lowest BCUT2D eigenvalue weighted by Gasteiger charge is -2.14. The van der Waals surface area contributed by atoms with Gasteiger partial charge in [0.15, 0.2) is 0 Å². The van der Waals surface area contributed by atoms with Crippen molar-refractivity contribution in [1.82, 2.24) is 20.6 Å². The van der Waals surface area contributed by atoms with Crippen LogP contribution in [0.15, 0.2) is 48.8 Å². The molecule has 1 unspecified atom stereocenters. The molecule has 4 rings (SSSR count). The Morgan fingerprint density at radius 2 is 1.81 bits per heavy atom. The van der Waals surface area contributed by atoms with Gasteiger partial charge in [-0.25, -0.2) is 14.4 Å². The smallest absolute Gasteiger partial charge is 0.270 e. The highest BCUT2D eigenvalue weighted by molar-refractivity contribution is 5.97. The number of aromatic nitrogens is 2. The van der Waals surface area contributed by atoms with Gasteiger partial charge in [0.05, 0.1) is 6.04 Å². The van der Waals surface area contributed by atoms with Crippen LogP contribution in [-0.2, 0) is 13.0 Å². The van der Waals surface area contributed by atoms with Crippen LogP contribution in [0.5, 0.6) is 0 Å². The molecule has 0 aliphatic heterocycles. The number of halogens is 1. The quantitative estimate of drug-likeness (QED) is 0.663. The Bertz CT molecular complexity index is 1160. The number of carbonyl (C=O) groups excluding carboxylic acids is 2. The van der Waals surface area contributed by atoms with Crippen LogP contribution < -0.4 is 10.6 Å². The largest absolute Gasteiger partial charge is 0.347 e. The number of nitrogens with zero attached hydrogens (tertiary/aromatic N) is 2. The van der Waals surface area contributed by atoms with Gasteiger partial charge in [-0.15, -0.1) is 0 Å². The molecule has 31 heavy (non-hydrogen) atoms. The van der Waals surface area contributed by atoms with Crippen molar-refractivity contribution in [2.45, 2.75) is 39.3 Å². The Labute approximate surface area is 179 Å². The van der Waals surface area contributed by atoms with Crippen molar-refractivity contribution < 1.29 is 14.0 Å². The topological polar surface area (TPSA) is 84.0 Å². The van der Waals surface area contributed by atoms with Gasteiger partial charge in [-0.2, -0.15) is 0 Å². The molecule has 0 spiro atoms. The number of benzene rings is 2. The fraction of sp³-hybridized carbons (Fsp3) is 0.250. The molecule has 0 saturated carbocycles. The average molecular weight is 418 g/mol. The second kappa shape index (κ2) is 8.63. The highest BCUT2D eigenvalue weighted by atomic mass is 19.1. The van der Waals surface area contributed by atoms with Gasteiger partial charge in [0.1, 0.15) is 23.5 Å². The molecule has 0 saturated heterocycles. The van der Waals surface area contributed by atoms with Crippen molar-refractivity contribution in [1.29, 1.82) is 0 Å². The standard InChI is InChI=1S/C24H23FN4O2/c1-14-4-3-5-18-17(14)7-9-20(18)29-24(31)22-11-21(27-13-28-22)23(30)26-12-16-6-8-19(25)15(2)10-16/h3-6,8,10-11,13,20H,7,9,12H2,1-2H3,(H,26,30)(H,29,31). The molecule has 1 aliphatic rings. The predicted molar refractivity (Wildman–Crippen MR) is 114 cm³/mol. The molecule has 7 heteroatoms. The van der Waals surface area contributed by atoms with Gasteiger partial charge < -0.3 is 10.6 Å². The van der Waals surface area contributed by atoms with Crippen LogP contribution >= 0.6 is 0 Å². The van der Waals surface area contributed by atoms with Gasteiger partial charge in [-0.1, -0.05) is 30.3 Å². The molecular weight excluding hydrogens is 395 g/mol. The summed E-state index contributed by atoms with van der Waals surface area (Å²) in [5, 5.41) is 5.75. The summed E-state index contributed by atoms with van der Waals surface area (Å²) in [6.07, 6.45) is 2.97. The fourth-order valence-electron chi connectivity index (χ4n) is 3.91. The van der Waals surface area contributed by atoms with Gasteiger partial charge in [0.2, 0.25) is 0 Å². The van der Waals surface area contributed by atoms with E-state index in [1.807, 2.05) is 12.1 Å². The number of fused-ring (bicyclic) bond motifs is 1. The summed E-state index contributed by atoms with van der Waals surface area (Å²) in [6, 6.07) is 12.1. The Kier molecular flexibility index (Phi) is 5.75. The van der Waals surface area contributed by atoms with Crippen LogP contribution in [0.25, 0.3) is 0 Å². The van der Waals surface area contributed by atoms with E-state index < -0.39 is 5.91 Å². The van der Waals surface area contributed by atoms with Crippen LogP contribution in [-0.4, -0.2) is 21.8 Å². The summed E-state index contributed by atoms with van der Waals surface area (Å²) in [5.41, 5.74) is 5.17. The first-order valence-electron chi connectivity index (χ1n) is 10.2. The summed E-state index contributed by atoms with van der Waals surface area (Å²) >= 11 is 0. The van der Waals surface area contributed by atoms with Gasteiger partial charge in [0, 0.05) is 12.6 Å². The Morgan fingerprint density at radius 3 is 2.58 bits per heavy atom. The first-order valence-corrected chi connectivity index (χ1v) is 10.2. The number of carbonyl (C=O) groups is 2. The lowest BCUT2D eigenvalue weighted by atomic mass is 10.0. The number of hydrogen-bond donors (Lipinski definition) is 2. The summed E-state index contributed by atoms with van der Waals surface area (Å²) in [6.45, 7) is 3.97. The van der Waals surface area contributed by atoms with Crippen molar-refractivity contribution in [2.24, 2.45) is 0 Å². The van der Waals surface area contributed by atoms with E-state index in [1.54, 1.807) is 19.1 Å². The van der Waals surface area contributed by atoms with Crippen LogP contribution in [0.2, 0.25) is 0 Å². The Hall–Kier alpha value is -3.61. The third-order valence-corrected chi connectivity index (χ3v) is 5.62. The van der Waals surface area contributed by atoms with Crippen molar-refractivity contribution in [2.75, 3.05) is 0 Å². The maximum Gasteiger partial charge on any atom is 0.270 e. The molecule has 1 aromatic heterocycles. The SMILES string of the molecule is Cc1cc(CNC(=O)c2cc(C(=O)NC3CCc4c(C)cccc43)ncn2)ccc1F. The molecule has 1 atom stereocenters. The molecule has 1 aliphatic carbocycles. The molecule has 0 radical (unpaired) electrons. The Balaban J connectivity index is 1.42. The minimum absolute atomic E-state index is 0.0728. The van der Waals surface area contributed by atoms with Crippen molar-refractivity contribution in [3.05, 3.63) is 93.8 Å². The molecule has 2 N–H and O–H groups in total. The lowest BCUT2D eigenvalue weighted by molar-refractivity contribution is 0.0931. The molecule has 0 bridgehead atoms. The van der Waals surface area contributed by atoms with Gasteiger partial charge >= 0.3 is 0 Å². The average Bonchev–Trinajstić information content (AvgIpc) is 3.18.